The first kappa shape index (κ1) is 14.8. The highest BCUT2D eigenvalue weighted by Crippen LogP contribution is 2.34. The zero-order valence-electron chi connectivity index (χ0n) is 12.4. The quantitative estimate of drug-likeness (QED) is 0.893. The predicted molar refractivity (Wildman–Crippen MR) is 78.6 cm³/mol. The first-order valence-electron chi connectivity index (χ1n) is 6.42. The molecule has 102 valence electrons. The van der Waals surface area contributed by atoms with Crippen LogP contribution >= 0.6 is 0 Å². The van der Waals surface area contributed by atoms with E-state index in [4.69, 9.17) is 10.5 Å². The fraction of sp³-hybridized carbons (Fsp3) is 0.600. The minimum atomic E-state index is 0.133. The molecule has 18 heavy (non-hydrogen) atoms. The lowest BCUT2D eigenvalue weighted by Crippen LogP contribution is -2.35. The van der Waals surface area contributed by atoms with E-state index < -0.39 is 0 Å². The average molecular weight is 250 g/mol. The normalized spacial score (nSPS) is 13.3. The van der Waals surface area contributed by atoms with E-state index >= 15 is 0 Å². The van der Waals surface area contributed by atoms with Crippen molar-refractivity contribution in [3.05, 3.63) is 23.8 Å². The van der Waals surface area contributed by atoms with E-state index in [1.165, 1.54) is 5.56 Å². The highest BCUT2D eigenvalue weighted by Gasteiger charge is 2.19. The van der Waals surface area contributed by atoms with Crippen LogP contribution in [0.25, 0.3) is 0 Å². The van der Waals surface area contributed by atoms with Crippen molar-refractivity contribution in [1.82, 2.24) is 0 Å². The second-order valence-electron chi connectivity index (χ2n) is 5.83. The Kier molecular flexibility index (Phi) is 4.63. The summed E-state index contributed by atoms with van der Waals surface area (Å²) < 4.78 is 5.45. The molecular weight excluding hydrogens is 224 g/mol. The number of benzene rings is 1. The second-order valence-corrected chi connectivity index (χ2v) is 5.83. The van der Waals surface area contributed by atoms with Gasteiger partial charge in [0.05, 0.1) is 12.8 Å². The van der Waals surface area contributed by atoms with Crippen molar-refractivity contribution in [1.29, 1.82) is 0 Å². The summed E-state index contributed by atoms with van der Waals surface area (Å²) in [6.45, 7) is 9.38. The van der Waals surface area contributed by atoms with Crippen LogP contribution in [0.4, 0.5) is 5.69 Å². The zero-order chi connectivity index (χ0) is 13.9. The Labute approximate surface area is 111 Å². The van der Waals surface area contributed by atoms with Gasteiger partial charge in [-0.3, -0.25) is 0 Å². The molecule has 2 N–H and O–H groups in total. The lowest BCUT2D eigenvalue weighted by Gasteiger charge is -2.29. The number of anilines is 1. The van der Waals surface area contributed by atoms with Crippen LogP contribution in [-0.2, 0) is 5.41 Å². The number of likely N-dealkylation sites (N-methyl/N-ethyl adjacent to an activating group) is 1. The Hall–Kier alpha value is -1.22. The standard InChI is InChI=1S/C15H26N2O/c1-11(10-16)17(5)13-9-12(15(2,3)4)7-8-14(13)18-6/h7-9,11H,10,16H2,1-6H3. The van der Waals surface area contributed by atoms with Crippen LogP contribution in [0.15, 0.2) is 18.2 Å². The first-order valence-corrected chi connectivity index (χ1v) is 6.42. The molecule has 3 nitrogen and oxygen atoms in total. The molecule has 0 aliphatic carbocycles. The molecule has 0 aliphatic heterocycles. The second kappa shape index (κ2) is 5.61. The molecule has 3 heteroatoms. The van der Waals surface area contributed by atoms with Crippen LogP contribution in [0.5, 0.6) is 5.75 Å². The highest BCUT2D eigenvalue weighted by molar-refractivity contribution is 5.61. The lowest BCUT2D eigenvalue weighted by atomic mass is 9.86. The summed E-state index contributed by atoms with van der Waals surface area (Å²) in [5.74, 6) is 0.894. The number of nitrogens with two attached hydrogens (primary N) is 1. The Morgan fingerprint density at radius 2 is 1.94 bits per heavy atom. The fourth-order valence-electron chi connectivity index (χ4n) is 1.83. The van der Waals surface area contributed by atoms with E-state index in [1.54, 1.807) is 7.11 Å². The summed E-state index contributed by atoms with van der Waals surface area (Å²) in [5, 5.41) is 0. The van der Waals surface area contributed by atoms with Crippen LogP contribution in [-0.4, -0.2) is 26.7 Å². The van der Waals surface area contributed by atoms with Gasteiger partial charge < -0.3 is 15.4 Å². The third kappa shape index (κ3) is 3.16. The average Bonchev–Trinajstić information content (AvgIpc) is 2.35. The molecule has 1 unspecified atom stereocenters. The molecule has 0 fully saturated rings. The van der Waals surface area contributed by atoms with Crippen molar-refractivity contribution < 1.29 is 4.74 Å². The molecule has 0 radical (unpaired) electrons. The summed E-state index contributed by atoms with van der Waals surface area (Å²) in [6.07, 6.45) is 0. The number of ether oxygens (including phenoxy) is 1. The monoisotopic (exact) mass is 250 g/mol. The predicted octanol–water partition coefficient (Wildman–Crippen LogP) is 2.78. The van der Waals surface area contributed by atoms with Gasteiger partial charge in [-0.05, 0) is 30.0 Å². The van der Waals surface area contributed by atoms with Crippen LogP contribution in [0, 0.1) is 0 Å². The van der Waals surface area contributed by atoms with Crippen molar-refractivity contribution in [3.63, 3.8) is 0 Å². The van der Waals surface area contributed by atoms with Gasteiger partial charge in [0.25, 0.3) is 0 Å². The van der Waals surface area contributed by atoms with Gasteiger partial charge in [0.15, 0.2) is 0 Å². The van der Waals surface area contributed by atoms with Crippen molar-refractivity contribution in [2.75, 3.05) is 25.6 Å². The third-order valence-electron chi connectivity index (χ3n) is 3.43. The van der Waals surface area contributed by atoms with Crippen molar-refractivity contribution in [2.24, 2.45) is 5.73 Å². The molecule has 0 amide bonds. The van der Waals surface area contributed by atoms with Crippen LogP contribution in [0.1, 0.15) is 33.3 Å². The highest BCUT2D eigenvalue weighted by atomic mass is 16.5. The van der Waals surface area contributed by atoms with E-state index in [2.05, 4.69) is 51.8 Å². The summed E-state index contributed by atoms with van der Waals surface area (Å²) in [5.41, 5.74) is 8.28. The molecule has 0 saturated heterocycles. The van der Waals surface area contributed by atoms with Crippen LogP contribution < -0.4 is 15.4 Å². The van der Waals surface area contributed by atoms with Gasteiger partial charge in [0.1, 0.15) is 5.75 Å². The fourth-order valence-corrected chi connectivity index (χ4v) is 1.83. The summed E-state index contributed by atoms with van der Waals surface area (Å²) >= 11 is 0. The minimum absolute atomic E-state index is 0.133. The molecule has 0 spiro atoms. The smallest absolute Gasteiger partial charge is 0.142 e. The maximum Gasteiger partial charge on any atom is 0.142 e. The minimum Gasteiger partial charge on any atom is -0.495 e. The molecule has 0 saturated carbocycles. The van der Waals surface area contributed by atoms with Gasteiger partial charge in [0.2, 0.25) is 0 Å². The van der Waals surface area contributed by atoms with E-state index in [9.17, 15) is 0 Å². The van der Waals surface area contributed by atoms with Crippen LogP contribution in [0.2, 0.25) is 0 Å². The van der Waals surface area contributed by atoms with Crippen LogP contribution in [0.3, 0.4) is 0 Å². The van der Waals surface area contributed by atoms with E-state index in [-0.39, 0.29) is 11.5 Å². The molecular formula is C15H26N2O. The molecule has 1 atom stereocenters. The van der Waals surface area contributed by atoms with E-state index in [0.29, 0.717) is 6.54 Å². The number of hydrogen-bond acceptors (Lipinski definition) is 3. The number of methoxy groups -OCH3 is 1. The Morgan fingerprint density at radius 1 is 1.33 bits per heavy atom. The summed E-state index contributed by atoms with van der Waals surface area (Å²) in [6, 6.07) is 6.65. The lowest BCUT2D eigenvalue weighted by molar-refractivity contribution is 0.413. The number of nitrogens with zero attached hydrogens (tertiary/aromatic N) is 1. The molecule has 0 aromatic heterocycles. The first-order chi connectivity index (χ1) is 8.31. The van der Waals surface area contributed by atoms with Gasteiger partial charge in [-0.25, -0.2) is 0 Å². The Bertz CT molecular complexity index is 396. The Balaban J connectivity index is 3.22. The largest absolute Gasteiger partial charge is 0.495 e. The maximum atomic E-state index is 5.74. The molecule has 1 aromatic carbocycles. The van der Waals surface area contributed by atoms with Gasteiger partial charge in [0, 0.05) is 19.6 Å². The van der Waals surface area contributed by atoms with Gasteiger partial charge in [-0.2, -0.15) is 0 Å². The molecule has 0 bridgehead atoms. The summed E-state index contributed by atoms with van der Waals surface area (Å²) in [4.78, 5) is 2.17. The maximum absolute atomic E-state index is 5.74. The van der Waals surface area contributed by atoms with Gasteiger partial charge in [-0.15, -0.1) is 0 Å². The van der Waals surface area contributed by atoms with Crippen molar-refractivity contribution in [2.45, 2.75) is 39.2 Å². The van der Waals surface area contributed by atoms with E-state index in [1.807, 2.05) is 6.07 Å². The van der Waals surface area contributed by atoms with Crippen molar-refractivity contribution >= 4 is 5.69 Å². The topological polar surface area (TPSA) is 38.5 Å². The third-order valence-corrected chi connectivity index (χ3v) is 3.43. The van der Waals surface area contributed by atoms with E-state index in [0.717, 1.165) is 11.4 Å². The SMILES string of the molecule is COc1ccc(C(C)(C)C)cc1N(C)C(C)CN. The molecule has 1 rings (SSSR count). The molecule has 1 aromatic rings. The molecule has 0 aliphatic rings. The van der Waals surface area contributed by atoms with Gasteiger partial charge in [-0.1, -0.05) is 26.8 Å². The summed E-state index contributed by atoms with van der Waals surface area (Å²) in [7, 11) is 3.76. The number of rotatable bonds is 4. The van der Waals surface area contributed by atoms with Crippen molar-refractivity contribution in [3.8, 4) is 5.75 Å². The Morgan fingerprint density at radius 3 is 2.39 bits per heavy atom. The number of hydrogen-bond donors (Lipinski definition) is 1. The molecule has 0 heterocycles. The van der Waals surface area contributed by atoms with Gasteiger partial charge >= 0.3 is 0 Å². The zero-order valence-corrected chi connectivity index (χ0v) is 12.4.